The van der Waals surface area contributed by atoms with Crippen molar-refractivity contribution in [2.75, 3.05) is 23.7 Å². The molecule has 1 aromatic carbocycles. The number of aryl methyl sites for hydroxylation is 1. The molecule has 108 valence electrons. The van der Waals surface area contributed by atoms with Crippen molar-refractivity contribution >= 4 is 35.6 Å². The molecular weight excluding hydrogens is 278 g/mol. The third-order valence-corrected chi connectivity index (χ3v) is 3.66. The van der Waals surface area contributed by atoms with Crippen LogP contribution >= 0.6 is 12.4 Å². The van der Waals surface area contributed by atoms with E-state index in [-0.39, 0.29) is 30.1 Å². The van der Waals surface area contributed by atoms with Crippen molar-refractivity contribution in [2.24, 2.45) is 5.92 Å². The number of carbonyl (C=O) groups excluding carboxylic acids is 2. The molecule has 6 heteroatoms. The van der Waals surface area contributed by atoms with Crippen LogP contribution in [0.15, 0.2) is 18.2 Å². The van der Waals surface area contributed by atoms with Gasteiger partial charge in [-0.3, -0.25) is 9.59 Å². The van der Waals surface area contributed by atoms with Crippen LogP contribution in [-0.4, -0.2) is 24.9 Å². The summed E-state index contributed by atoms with van der Waals surface area (Å²) < 4.78 is 0. The minimum atomic E-state index is -0.248. The van der Waals surface area contributed by atoms with Crippen LogP contribution < -0.4 is 16.0 Å². The fourth-order valence-corrected chi connectivity index (χ4v) is 2.59. The van der Waals surface area contributed by atoms with Gasteiger partial charge in [-0.25, -0.2) is 0 Å². The van der Waals surface area contributed by atoms with Gasteiger partial charge in [0.25, 0.3) is 0 Å². The topological polar surface area (TPSA) is 70.2 Å². The second kappa shape index (κ2) is 6.13. The summed E-state index contributed by atoms with van der Waals surface area (Å²) in [6.07, 6.45) is 2.44. The summed E-state index contributed by atoms with van der Waals surface area (Å²) in [4.78, 5) is 23.1. The summed E-state index contributed by atoms with van der Waals surface area (Å²) in [5.74, 6) is -0.376. The number of fused-ring (bicyclic) bond motifs is 1. The van der Waals surface area contributed by atoms with Gasteiger partial charge >= 0.3 is 0 Å². The number of hydrogen-bond donors (Lipinski definition) is 3. The van der Waals surface area contributed by atoms with E-state index in [0.29, 0.717) is 13.0 Å². The standard InChI is InChI=1S/C14H17N3O2.ClH/c18-13-7-10(8-16-13)14(19)17-11-3-4-12-9(6-11)2-1-5-15-12;/h3-4,6,10,15H,1-2,5,7-8H2,(H,16,18)(H,17,19);1H. The summed E-state index contributed by atoms with van der Waals surface area (Å²) >= 11 is 0. The Morgan fingerprint density at radius 3 is 2.90 bits per heavy atom. The Balaban J connectivity index is 0.00000147. The molecule has 0 bridgehead atoms. The van der Waals surface area contributed by atoms with Gasteiger partial charge in [0.1, 0.15) is 0 Å². The van der Waals surface area contributed by atoms with Gasteiger partial charge < -0.3 is 16.0 Å². The number of hydrogen-bond acceptors (Lipinski definition) is 3. The van der Waals surface area contributed by atoms with E-state index < -0.39 is 0 Å². The number of carbonyl (C=O) groups is 2. The fourth-order valence-electron chi connectivity index (χ4n) is 2.59. The van der Waals surface area contributed by atoms with Crippen LogP contribution in [0.1, 0.15) is 18.4 Å². The van der Waals surface area contributed by atoms with E-state index in [1.54, 1.807) is 0 Å². The van der Waals surface area contributed by atoms with Crippen LogP contribution in [0.3, 0.4) is 0 Å². The highest BCUT2D eigenvalue weighted by Gasteiger charge is 2.27. The average molecular weight is 296 g/mol. The molecule has 3 N–H and O–H groups in total. The maximum absolute atomic E-state index is 12.0. The SMILES string of the molecule is Cl.O=C1CC(C(=O)Nc2ccc3c(c2)CCCN3)CN1. The highest BCUT2D eigenvalue weighted by atomic mass is 35.5. The molecule has 2 aliphatic rings. The molecule has 0 radical (unpaired) electrons. The highest BCUT2D eigenvalue weighted by Crippen LogP contribution is 2.25. The van der Waals surface area contributed by atoms with E-state index >= 15 is 0 Å². The Bertz CT molecular complexity index is 533. The van der Waals surface area contributed by atoms with Crippen molar-refractivity contribution in [1.29, 1.82) is 0 Å². The maximum Gasteiger partial charge on any atom is 0.229 e. The normalized spacial score (nSPS) is 20.2. The third-order valence-electron chi connectivity index (χ3n) is 3.66. The van der Waals surface area contributed by atoms with Gasteiger partial charge in [-0.1, -0.05) is 0 Å². The zero-order valence-electron chi connectivity index (χ0n) is 11.1. The second-order valence-electron chi connectivity index (χ2n) is 5.10. The van der Waals surface area contributed by atoms with Crippen molar-refractivity contribution in [1.82, 2.24) is 5.32 Å². The van der Waals surface area contributed by atoms with Gasteiger partial charge in [0.2, 0.25) is 11.8 Å². The first kappa shape index (κ1) is 14.7. The Morgan fingerprint density at radius 2 is 2.15 bits per heavy atom. The van der Waals surface area contributed by atoms with Crippen LogP contribution in [0.4, 0.5) is 11.4 Å². The fraction of sp³-hybridized carbons (Fsp3) is 0.429. The molecule has 2 aliphatic heterocycles. The molecule has 1 aromatic rings. The average Bonchev–Trinajstić information content (AvgIpc) is 2.85. The molecule has 2 heterocycles. The number of anilines is 2. The Labute approximate surface area is 123 Å². The van der Waals surface area contributed by atoms with Crippen LogP contribution in [-0.2, 0) is 16.0 Å². The van der Waals surface area contributed by atoms with Crippen molar-refractivity contribution in [3.63, 3.8) is 0 Å². The summed E-state index contributed by atoms with van der Waals surface area (Å²) in [6.45, 7) is 1.45. The lowest BCUT2D eigenvalue weighted by Crippen LogP contribution is -2.24. The summed E-state index contributed by atoms with van der Waals surface area (Å²) in [5.41, 5.74) is 3.21. The lowest BCUT2D eigenvalue weighted by Gasteiger charge is -2.19. The number of rotatable bonds is 2. The predicted molar refractivity (Wildman–Crippen MR) is 80.2 cm³/mol. The molecule has 0 aromatic heterocycles. The zero-order chi connectivity index (χ0) is 13.2. The van der Waals surface area contributed by atoms with Gasteiger partial charge in [0, 0.05) is 30.9 Å². The molecule has 1 unspecified atom stereocenters. The van der Waals surface area contributed by atoms with Crippen LogP contribution in [0, 0.1) is 5.92 Å². The van der Waals surface area contributed by atoms with Gasteiger partial charge in [0.05, 0.1) is 5.92 Å². The summed E-state index contributed by atoms with van der Waals surface area (Å²) in [6, 6.07) is 5.92. The van der Waals surface area contributed by atoms with Crippen LogP contribution in [0.5, 0.6) is 0 Å². The van der Waals surface area contributed by atoms with Crippen LogP contribution in [0.25, 0.3) is 0 Å². The number of amides is 2. The molecule has 1 saturated heterocycles. The first-order valence-electron chi connectivity index (χ1n) is 6.67. The van der Waals surface area contributed by atoms with Crippen molar-refractivity contribution in [3.05, 3.63) is 23.8 Å². The highest BCUT2D eigenvalue weighted by molar-refractivity contribution is 5.97. The minimum absolute atomic E-state index is 0. The van der Waals surface area contributed by atoms with E-state index in [4.69, 9.17) is 0 Å². The number of nitrogens with one attached hydrogen (secondary N) is 3. The number of benzene rings is 1. The largest absolute Gasteiger partial charge is 0.385 e. The maximum atomic E-state index is 12.0. The van der Waals surface area contributed by atoms with Gasteiger partial charge in [-0.2, -0.15) is 0 Å². The molecule has 1 atom stereocenters. The lowest BCUT2D eigenvalue weighted by atomic mass is 10.0. The van der Waals surface area contributed by atoms with E-state index in [1.807, 2.05) is 18.2 Å². The van der Waals surface area contributed by atoms with Crippen molar-refractivity contribution in [3.8, 4) is 0 Å². The molecular formula is C14H18ClN3O2. The van der Waals surface area contributed by atoms with E-state index in [2.05, 4.69) is 16.0 Å². The summed E-state index contributed by atoms with van der Waals surface area (Å²) in [7, 11) is 0. The molecule has 1 fully saturated rings. The van der Waals surface area contributed by atoms with E-state index in [1.165, 1.54) is 5.56 Å². The lowest BCUT2D eigenvalue weighted by molar-refractivity contribution is -0.123. The number of halogens is 1. The molecule has 0 saturated carbocycles. The monoisotopic (exact) mass is 295 g/mol. The van der Waals surface area contributed by atoms with Crippen LogP contribution in [0.2, 0.25) is 0 Å². The molecule has 5 nitrogen and oxygen atoms in total. The quantitative estimate of drug-likeness (QED) is 0.775. The van der Waals surface area contributed by atoms with Gasteiger partial charge in [-0.05, 0) is 36.6 Å². The third kappa shape index (κ3) is 3.04. The van der Waals surface area contributed by atoms with Crippen molar-refractivity contribution in [2.45, 2.75) is 19.3 Å². The molecule has 0 spiro atoms. The van der Waals surface area contributed by atoms with Gasteiger partial charge in [0.15, 0.2) is 0 Å². The molecule has 2 amide bonds. The van der Waals surface area contributed by atoms with E-state index in [0.717, 1.165) is 30.8 Å². The summed E-state index contributed by atoms with van der Waals surface area (Å²) in [5, 5.41) is 8.91. The van der Waals surface area contributed by atoms with E-state index in [9.17, 15) is 9.59 Å². The molecule has 0 aliphatic carbocycles. The second-order valence-corrected chi connectivity index (χ2v) is 5.10. The Kier molecular flexibility index (Phi) is 4.49. The Morgan fingerprint density at radius 1 is 1.30 bits per heavy atom. The smallest absolute Gasteiger partial charge is 0.229 e. The minimum Gasteiger partial charge on any atom is -0.385 e. The Hall–Kier alpha value is -1.75. The first-order chi connectivity index (χ1) is 9.22. The van der Waals surface area contributed by atoms with Crippen molar-refractivity contribution < 1.29 is 9.59 Å². The zero-order valence-corrected chi connectivity index (χ0v) is 11.9. The first-order valence-corrected chi connectivity index (χ1v) is 6.67. The predicted octanol–water partition coefficient (Wildman–Crippen LogP) is 1.54. The van der Waals surface area contributed by atoms with Gasteiger partial charge in [-0.15, -0.1) is 12.4 Å². The molecule has 3 rings (SSSR count). The molecule has 20 heavy (non-hydrogen) atoms.